The van der Waals surface area contributed by atoms with Gasteiger partial charge in [0.1, 0.15) is 0 Å². The number of amides is 1. The zero-order valence-corrected chi connectivity index (χ0v) is 14.8. The standard InChI is InChI=1S/C20H20N4O3/c25-19(13-17-14-5-1-2-6-15(14)20(26)23-22-17)21-16-7-3-4-8-18(16)24-9-11-27-12-10-24/h1-8H,9-13H2,(H,21,25)(H,23,26). The predicted molar refractivity (Wildman–Crippen MR) is 104 cm³/mol. The second-order valence-electron chi connectivity index (χ2n) is 6.39. The number of H-pyrrole nitrogens is 1. The smallest absolute Gasteiger partial charge is 0.272 e. The average molecular weight is 364 g/mol. The number of nitrogens with zero attached hydrogens (tertiary/aromatic N) is 2. The fourth-order valence-electron chi connectivity index (χ4n) is 3.31. The first-order valence-corrected chi connectivity index (χ1v) is 8.90. The van der Waals surface area contributed by atoms with E-state index in [1.165, 1.54) is 0 Å². The van der Waals surface area contributed by atoms with E-state index in [1.54, 1.807) is 12.1 Å². The van der Waals surface area contributed by atoms with Gasteiger partial charge in [0.05, 0.1) is 42.1 Å². The minimum Gasteiger partial charge on any atom is -0.378 e. The Bertz CT molecular complexity index is 1020. The van der Waals surface area contributed by atoms with Crippen molar-refractivity contribution in [3.63, 3.8) is 0 Å². The van der Waals surface area contributed by atoms with Gasteiger partial charge in [-0.25, -0.2) is 5.10 Å². The van der Waals surface area contributed by atoms with Crippen molar-refractivity contribution in [3.05, 3.63) is 64.6 Å². The van der Waals surface area contributed by atoms with E-state index in [1.807, 2.05) is 36.4 Å². The van der Waals surface area contributed by atoms with Gasteiger partial charge in [-0.1, -0.05) is 30.3 Å². The van der Waals surface area contributed by atoms with Crippen LogP contribution in [0.1, 0.15) is 5.69 Å². The number of ether oxygens (including phenoxy) is 1. The summed E-state index contributed by atoms with van der Waals surface area (Å²) in [6.45, 7) is 2.93. The van der Waals surface area contributed by atoms with Crippen LogP contribution in [0.2, 0.25) is 0 Å². The number of aromatic amines is 1. The summed E-state index contributed by atoms with van der Waals surface area (Å²) in [6.07, 6.45) is 0.0781. The van der Waals surface area contributed by atoms with Gasteiger partial charge in [0.15, 0.2) is 0 Å². The molecule has 2 N–H and O–H groups in total. The molecule has 1 amide bonds. The summed E-state index contributed by atoms with van der Waals surface area (Å²) in [4.78, 5) is 26.8. The van der Waals surface area contributed by atoms with Gasteiger partial charge in [0.2, 0.25) is 5.91 Å². The summed E-state index contributed by atoms with van der Waals surface area (Å²) in [5, 5.41) is 10.7. The number of fused-ring (bicyclic) bond motifs is 1. The normalized spacial score (nSPS) is 14.3. The first kappa shape index (κ1) is 17.2. The monoisotopic (exact) mass is 364 g/mol. The SMILES string of the molecule is O=C(Cc1n[nH]c(=O)c2ccccc12)Nc1ccccc1N1CCOCC1. The molecule has 0 saturated carbocycles. The van der Waals surface area contributed by atoms with Crippen LogP contribution < -0.4 is 15.8 Å². The number of hydrogen-bond donors (Lipinski definition) is 2. The zero-order chi connectivity index (χ0) is 18.6. The molecule has 138 valence electrons. The van der Waals surface area contributed by atoms with Gasteiger partial charge >= 0.3 is 0 Å². The average Bonchev–Trinajstić information content (AvgIpc) is 2.71. The fraction of sp³-hybridized carbons (Fsp3) is 0.250. The molecular formula is C20H20N4O3. The molecule has 27 heavy (non-hydrogen) atoms. The van der Waals surface area contributed by atoms with E-state index in [9.17, 15) is 9.59 Å². The minimum absolute atomic E-state index is 0.0781. The fourth-order valence-corrected chi connectivity index (χ4v) is 3.31. The molecule has 1 fully saturated rings. The highest BCUT2D eigenvalue weighted by atomic mass is 16.5. The van der Waals surface area contributed by atoms with E-state index in [0.717, 1.165) is 24.5 Å². The van der Waals surface area contributed by atoms with Gasteiger partial charge in [-0.3, -0.25) is 9.59 Å². The number of carbonyl (C=O) groups is 1. The van der Waals surface area contributed by atoms with Crippen LogP contribution in [-0.4, -0.2) is 42.4 Å². The molecule has 7 heteroatoms. The van der Waals surface area contributed by atoms with Gasteiger partial charge in [0, 0.05) is 18.5 Å². The lowest BCUT2D eigenvalue weighted by atomic mass is 10.1. The van der Waals surface area contributed by atoms with E-state index >= 15 is 0 Å². The van der Waals surface area contributed by atoms with Crippen molar-refractivity contribution in [3.8, 4) is 0 Å². The maximum atomic E-state index is 12.7. The first-order chi connectivity index (χ1) is 13.2. The van der Waals surface area contributed by atoms with Gasteiger partial charge in [-0.05, 0) is 18.2 Å². The summed E-state index contributed by atoms with van der Waals surface area (Å²) >= 11 is 0. The van der Waals surface area contributed by atoms with E-state index < -0.39 is 0 Å². The molecule has 1 aliphatic rings. The van der Waals surface area contributed by atoms with Crippen LogP contribution in [0.25, 0.3) is 10.8 Å². The molecule has 0 atom stereocenters. The zero-order valence-electron chi connectivity index (χ0n) is 14.8. The lowest BCUT2D eigenvalue weighted by Gasteiger charge is -2.30. The molecule has 0 unspecified atom stereocenters. The first-order valence-electron chi connectivity index (χ1n) is 8.90. The van der Waals surface area contributed by atoms with Crippen LogP contribution in [0.3, 0.4) is 0 Å². The van der Waals surface area contributed by atoms with Crippen molar-refractivity contribution in [1.82, 2.24) is 10.2 Å². The van der Waals surface area contributed by atoms with Gasteiger partial charge in [-0.2, -0.15) is 5.10 Å². The Balaban J connectivity index is 1.56. The Morgan fingerprint density at radius 1 is 1.07 bits per heavy atom. The molecule has 4 rings (SSSR count). The summed E-state index contributed by atoms with van der Waals surface area (Å²) in [6, 6.07) is 14.9. The lowest BCUT2D eigenvalue weighted by molar-refractivity contribution is -0.115. The highest BCUT2D eigenvalue weighted by Gasteiger charge is 2.17. The molecule has 0 radical (unpaired) electrons. The van der Waals surface area contributed by atoms with Crippen LogP contribution in [0, 0.1) is 0 Å². The number of para-hydroxylation sites is 2. The molecule has 2 aromatic carbocycles. The molecule has 3 aromatic rings. The Morgan fingerprint density at radius 2 is 1.78 bits per heavy atom. The number of rotatable bonds is 4. The highest BCUT2D eigenvalue weighted by Crippen LogP contribution is 2.26. The van der Waals surface area contributed by atoms with Crippen molar-refractivity contribution in [2.45, 2.75) is 6.42 Å². The quantitative estimate of drug-likeness (QED) is 0.739. The molecule has 7 nitrogen and oxygen atoms in total. The van der Waals surface area contributed by atoms with Crippen LogP contribution >= 0.6 is 0 Å². The van der Waals surface area contributed by atoms with Crippen LogP contribution in [0.5, 0.6) is 0 Å². The van der Waals surface area contributed by atoms with Crippen molar-refractivity contribution < 1.29 is 9.53 Å². The molecule has 1 aliphatic heterocycles. The highest BCUT2D eigenvalue weighted by molar-refractivity contribution is 5.97. The van der Waals surface area contributed by atoms with E-state index in [-0.39, 0.29) is 17.9 Å². The van der Waals surface area contributed by atoms with Crippen LogP contribution in [-0.2, 0) is 16.0 Å². The largest absolute Gasteiger partial charge is 0.378 e. The molecular weight excluding hydrogens is 344 g/mol. The number of aromatic nitrogens is 2. The van der Waals surface area contributed by atoms with E-state index in [0.29, 0.717) is 29.7 Å². The molecule has 2 heterocycles. The van der Waals surface area contributed by atoms with Crippen LogP contribution in [0.15, 0.2) is 53.3 Å². The maximum absolute atomic E-state index is 12.7. The van der Waals surface area contributed by atoms with Gasteiger partial charge in [-0.15, -0.1) is 0 Å². The second-order valence-corrected chi connectivity index (χ2v) is 6.39. The summed E-state index contributed by atoms with van der Waals surface area (Å²) in [7, 11) is 0. The summed E-state index contributed by atoms with van der Waals surface area (Å²) in [5.74, 6) is -0.180. The van der Waals surface area contributed by atoms with Crippen molar-refractivity contribution in [2.24, 2.45) is 0 Å². The number of nitrogens with one attached hydrogen (secondary N) is 2. The maximum Gasteiger partial charge on any atom is 0.272 e. The predicted octanol–water partition coefficient (Wildman–Crippen LogP) is 1.94. The van der Waals surface area contributed by atoms with E-state index in [4.69, 9.17) is 4.74 Å². The topological polar surface area (TPSA) is 87.3 Å². The van der Waals surface area contributed by atoms with Gasteiger partial charge in [0.25, 0.3) is 5.56 Å². The van der Waals surface area contributed by atoms with Gasteiger partial charge < -0.3 is 15.0 Å². The Labute approximate surface area is 156 Å². The molecule has 1 aromatic heterocycles. The Hall–Kier alpha value is -3.19. The third kappa shape index (κ3) is 3.68. The number of hydrogen-bond acceptors (Lipinski definition) is 5. The van der Waals surface area contributed by atoms with Crippen molar-refractivity contribution in [2.75, 3.05) is 36.5 Å². The third-order valence-electron chi connectivity index (χ3n) is 4.63. The molecule has 0 aliphatic carbocycles. The van der Waals surface area contributed by atoms with Crippen molar-refractivity contribution in [1.29, 1.82) is 0 Å². The summed E-state index contributed by atoms with van der Waals surface area (Å²) in [5.41, 5.74) is 2.03. The Kier molecular flexibility index (Phi) is 4.84. The minimum atomic E-state index is -0.257. The lowest BCUT2D eigenvalue weighted by Crippen LogP contribution is -2.36. The number of carbonyl (C=O) groups excluding carboxylic acids is 1. The number of benzene rings is 2. The molecule has 0 spiro atoms. The second kappa shape index (κ2) is 7.59. The third-order valence-corrected chi connectivity index (χ3v) is 4.63. The Morgan fingerprint density at radius 3 is 2.59 bits per heavy atom. The van der Waals surface area contributed by atoms with Crippen LogP contribution in [0.4, 0.5) is 11.4 Å². The number of anilines is 2. The number of morpholine rings is 1. The van der Waals surface area contributed by atoms with E-state index in [2.05, 4.69) is 20.4 Å². The van der Waals surface area contributed by atoms with Crippen molar-refractivity contribution >= 4 is 28.1 Å². The molecule has 0 bridgehead atoms. The summed E-state index contributed by atoms with van der Waals surface area (Å²) < 4.78 is 5.41. The molecule has 1 saturated heterocycles.